The molecule has 0 bridgehead atoms. The van der Waals surface area contributed by atoms with E-state index in [-0.39, 0.29) is 29.7 Å². The number of amides is 1. The summed E-state index contributed by atoms with van der Waals surface area (Å²) >= 11 is 6.91. The maximum atomic E-state index is 13.8. The number of piperidine rings is 1. The third kappa shape index (κ3) is 3.99. The number of Topliss-reactive ketones (excluding diaryl/α,β-unsaturated/α-hetero) is 2. The number of carbonyl (C=O) groups is 3. The number of aliphatic hydroxyl groups excluding tert-OH is 2. The lowest BCUT2D eigenvalue weighted by Crippen LogP contribution is -2.63. The number of hydrogen-bond acceptors (Lipinski definition) is 9. The zero-order valence-corrected chi connectivity index (χ0v) is 23.8. The largest absolute Gasteiger partial charge is 0.510 e. The smallest absolute Gasteiger partial charge is 0.255 e. The first-order chi connectivity index (χ1) is 18.7. The molecule has 40 heavy (non-hydrogen) atoms. The molecule has 11 heteroatoms. The Morgan fingerprint density at radius 1 is 1.18 bits per heavy atom. The molecule has 1 aromatic carbocycles. The van der Waals surface area contributed by atoms with Gasteiger partial charge in [-0.05, 0) is 76.7 Å². The summed E-state index contributed by atoms with van der Waals surface area (Å²) < 4.78 is 0. The molecule has 0 unspecified atom stereocenters. The van der Waals surface area contributed by atoms with E-state index < -0.39 is 58.0 Å². The van der Waals surface area contributed by atoms with Crippen molar-refractivity contribution in [1.82, 2.24) is 9.80 Å². The average molecular weight is 574 g/mol. The van der Waals surface area contributed by atoms with Crippen molar-refractivity contribution in [3.8, 4) is 5.75 Å². The quantitative estimate of drug-likeness (QED) is 0.340. The first-order valence-electron chi connectivity index (χ1n) is 13.6. The summed E-state index contributed by atoms with van der Waals surface area (Å²) in [6.45, 7) is 4.83. The van der Waals surface area contributed by atoms with Gasteiger partial charge in [-0.25, -0.2) is 0 Å². The SMILES string of the molecule is C[C@H]1CCC[C@H](C)N1Cc1cc(O)c2c(c1Cl)C[C@H]1C[C@H]3[C@H](N(C)C)C(O)=C(C(N)=O)C(=O)[C@@]3(O)C(O)=C1C2=O. The van der Waals surface area contributed by atoms with Gasteiger partial charge < -0.3 is 26.2 Å². The Morgan fingerprint density at radius 2 is 1.80 bits per heavy atom. The highest BCUT2D eigenvalue weighted by atomic mass is 35.5. The minimum atomic E-state index is -2.66. The number of halogens is 1. The van der Waals surface area contributed by atoms with Gasteiger partial charge in [0, 0.05) is 35.1 Å². The monoisotopic (exact) mass is 573 g/mol. The molecule has 0 aromatic heterocycles. The highest BCUT2D eigenvalue weighted by Gasteiger charge is 2.63. The van der Waals surface area contributed by atoms with Gasteiger partial charge in [0.15, 0.2) is 11.4 Å². The Morgan fingerprint density at radius 3 is 2.38 bits per heavy atom. The number of nitrogens with zero attached hydrogens (tertiary/aromatic N) is 2. The average Bonchev–Trinajstić information content (AvgIpc) is 2.86. The van der Waals surface area contributed by atoms with Crippen molar-refractivity contribution in [1.29, 1.82) is 0 Å². The molecule has 10 nitrogen and oxygen atoms in total. The zero-order valence-electron chi connectivity index (χ0n) is 23.1. The third-order valence-electron chi connectivity index (χ3n) is 9.46. The Balaban J connectivity index is 1.62. The summed E-state index contributed by atoms with van der Waals surface area (Å²) in [6.07, 6.45) is 3.45. The van der Waals surface area contributed by atoms with Crippen LogP contribution in [0.15, 0.2) is 28.7 Å². The van der Waals surface area contributed by atoms with E-state index in [0.29, 0.717) is 34.8 Å². The summed E-state index contributed by atoms with van der Waals surface area (Å²) in [6, 6.07) is 1.10. The van der Waals surface area contributed by atoms with Gasteiger partial charge in [0.05, 0.1) is 11.6 Å². The van der Waals surface area contributed by atoms with Crippen molar-refractivity contribution in [2.75, 3.05) is 14.1 Å². The number of aromatic hydroxyl groups is 1. The second kappa shape index (κ2) is 9.87. The summed E-state index contributed by atoms with van der Waals surface area (Å²) in [7, 11) is 3.19. The van der Waals surface area contributed by atoms with Crippen molar-refractivity contribution in [3.63, 3.8) is 0 Å². The molecule has 4 aliphatic rings. The lowest BCUT2D eigenvalue weighted by atomic mass is 9.58. The van der Waals surface area contributed by atoms with Crippen molar-refractivity contribution < 1.29 is 34.8 Å². The summed E-state index contributed by atoms with van der Waals surface area (Å²) in [4.78, 5) is 43.2. The van der Waals surface area contributed by atoms with Gasteiger partial charge in [0.1, 0.15) is 22.8 Å². The first kappa shape index (κ1) is 28.6. The minimum absolute atomic E-state index is 0.0211. The maximum absolute atomic E-state index is 13.8. The number of phenolic OH excluding ortho intramolecular Hbond substituents is 1. The number of primary amides is 1. The summed E-state index contributed by atoms with van der Waals surface area (Å²) in [5.74, 6) is -6.77. The van der Waals surface area contributed by atoms with Crippen LogP contribution in [0.25, 0.3) is 0 Å². The van der Waals surface area contributed by atoms with Crippen LogP contribution in [0.5, 0.6) is 5.75 Å². The van der Waals surface area contributed by atoms with Gasteiger partial charge in [-0.3, -0.25) is 24.2 Å². The van der Waals surface area contributed by atoms with Gasteiger partial charge in [-0.2, -0.15) is 0 Å². The number of fused-ring (bicyclic) bond motifs is 3. The highest BCUT2D eigenvalue weighted by molar-refractivity contribution is 6.33. The van der Waals surface area contributed by atoms with Gasteiger partial charge >= 0.3 is 0 Å². The van der Waals surface area contributed by atoms with Crippen LogP contribution in [0.2, 0.25) is 5.02 Å². The second-order valence-corrected chi connectivity index (χ2v) is 12.4. The van der Waals surface area contributed by atoms with E-state index in [1.165, 1.54) is 11.0 Å². The maximum Gasteiger partial charge on any atom is 0.255 e. The molecule has 0 saturated carbocycles. The number of allylic oxidation sites excluding steroid dienone is 1. The zero-order chi connectivity index (χ0) is 29.4. The molecule has 1 aliphatic heterocycles. The molecule has 1 aromatic rings. The molecule has 216 valence electrons. The van der Waals surface area contributed by atoms with Crippen molar-refractivity contribution >= 4 is 29.1 Å². The Bertz CT molecular complexity index is 1380. The minimum Gasteiger partial charge on any atom is -0.510 e. The number of carbonyl (C=O) groups excluding carboxylic acids is 3. The number of nitrogens with two attached hydrogens (primary N) is 1. The standard InChI is InChI=1S/C29H36ClN3O7/c1-12-6-5-7-13(2)33(12)11-15-10-18(34)20-16(22(15)30)8-14-9-17-23(32(3)4)25(36)21(28(31)39)27(38)29(17,40)26(37)19(14)24(20)35/h10,12-14,17,23,34,36-37,40H,5-9,11H2,1-4H3,(H2,31,39)/t12-,13-,14-,17-,23-,29-/m0/s1. The van der Waals surface area contributed by atoms with Gasteiger partial charge in [0.25, 0.3) is 5.91 Å². The van der Waals surface area contributed by atoms with Crippen LogP contribution in [0.3, 0.4) is 0 Å². The first-order valence-corrected chi connectivity index (χ1v) is 14.0. The van der Waals surface area contributed by atoms with E-state index in [2.05, 4.69) is 18.7 Å². The lowest BCUT2D eigenvalue weighted by molar-refractivity contribution is -0.148. The Labute approximate surface area is 237 Å². The predicted molar refractivity (Wildman–Crippen MR) is 147 cm³/mol. The van der Waals surface area contributed by atoms with Crippen molar-refractivity contribution in [2.24, 2.45) is 17.6 Å². The predicted octanol–water partition coefficient (Wildman–Crippen LogP) is 2.54. The van der Waals surface area contributed by atoms with Gasteiger partial charge in [0.2, 0.25) is 5.78 Å². The summed E-state index contributed by atoms with van der Waals surface area (Å²) in [5, 5.41) is 45.4. The molecule has 1 amide bonds. The van der Waals surface area contributed by atoms with E-state index >= 15 is 0 Å². The van der Waals surface area contributed by atoms with Crippen molar-refractivity contribution in [2.45, 2.75) is 76.2 Å². The molecule has 5 rings (SSSR count). The van der Waals surface area contributed by atoms with Crippen molar-refractivity contribution in [3.05, 3.63) is 50.4 Å². The van der Waals surface area contributed by atoms with Crippen LogP contribution in [0.4, 0.5) is 0 Å². The molecule has 3 aliphatic carbocycles. The number of benzene rings is 1. The van der Waals surface area contributed by atoms with Crippen LogP contribution >= 0.6 is 11.6 Å². The number of hydrogen-bond donors (Lipinski definition) is 5. The molecular weight excluding hydrogens is 538 g/mol. The van der Waals surface area contributed by atoms with Gasteiger partial charge in [-0.15, -0.1) is 0 Å². The number of rotatable bonds is 4. The topological polar surface area (TPSA) is 165 Å². The van der Waals surface area contributed by atoms with E-state index in [4.69, 9.17) is 17.3 Å². The van der Waals surface area contributed by atoms with Crippen LogP contribution in [-0.4, -0.2) is 85.5 Å². The fourth-order valence-electron chi connectivity index (χ4n) is 7.45. The lowest BCUT2D eigenvalue weighted by Gasteiger charge is -2.50. The normalized spacial score (nSPS) is 32.7. The number of ketones is 2. The number of likely N-dealkylation sites (tertiary alicyclic amines) is 1. The van der Waals surface area contributed by atoms with Crippen LogP contribution in [-0.2, 0) is 22.6 Å². The molecule has 6 N–H and O–H groups in total. The Kier molecular flexibility index (Phi) is 7.06. The van der Waals surface area contributed by atoms with Crippen LogP contribution < -0.4 is 5.73 Å². The number of phenols is 1. The van der Waals surface area contributed by atoms with E-state index in [0.717, 1.165) is 19.3 Å². The van der Waals surface area contributed by atoms with E-state index in [1.807, 2.05) is 0 Å². The van der Waals surface area contributed by atoms with E-state index in [1.54, 1.807) is 14.1 Å². The third-order valence-corrected chi connectivity index (χ3v) is 9.93. The molecule has 6 atom stereocenters. The summed E-state index contributed by atoms with van der Waals surface area (Å²) in [5.41, 5.74) is 2.76. The number of aliphatic hydroxyl groups is 3. The second-order valence-electron chi connectivity index (χ2n) is 12.0. The fourth-order valence-corrected chi connectivity index (χ4v) is 7.74. The van der Waals surface area contributed by atoms with Crippen LogP contribution in [0, 0.1) is 11.8 Å². The highest BCUT2D eigenvalue weighted by Crippen LogP contribution is 2.53. The number of likely N-dealkylation sites (N-methyl/N-ethyl adjacent to an activating group) is 1. The van der Waals surface area contributed by atoms with E-state index in [9.17, 15) is 34.8 Å². The molecule has 0 radical (unpaired) electrons. The molecule has 1 heterocycles. The van der Waals surface area contributed by atoms with Gasteiger partial charge in [-0.1, -0.05) is 18.0 Å². The molecule has 0 spiro atoms. The van der Waals surface area contributed by atoms with Crippen LogP contribution in [0.1, 0.15) is 61.0 Å². The Hall–Kier alpha value is -2.92. The molecule has 1 fully saturated rings. The fraction of sp³-hybridized carbons (Fsp3) is 0.552. The molecular formula is C29H36ClN3O7. The molecule has 1 saturated heterocycles.